The maximum absolute atomic E-state index is 12.5. The predicted octanol–water partition coefficient (Wildman–Crippen LogP) is 4.53. The van der Waals surface area contributed by atoms with Crippen molar-refractivity contribution >= 4 is 6.09 Å². The zero-order valence-corrected chi connectivity index (χ0v) is 17.5. The van der Waals surface area contributed by atoms with Gasteiger partial charge in [-0.25, -0.2) is 4.79 Å². The molecule has 0 bridgehead atoms. The maximum Gasteiger partial charge on any atom is 0.410 e. The second-order valence-corrected chi connectivity index (χ2v) is 8.77. The van der Waals surface area contributed by atoms with Crippen LogP contribution in [0.25, 0.3) is 5.69 Å². The molecule has 4 rings (SSSR count). The lowest BCUT2D eigenvalue weighted by molar-refractivity contribution is -0.0269. The van der Waals surface area contributed by atoms with Crippen LogP contribution < -0.4 is 4.74 Å². The molecule has 0 unspecified atom stereocenters. The van der Waals surface area contributed by atoms with Crippen molar-refractivity contribution < 1.29 is 14.3 Å². The van der Waals surface area contributed by atoms with E-state index in [1.165, 1.54) is 5.56 Å². The molecule has 0 radical (unpaired) electrons. The molecule has 1 aromatic carbocycles. The predicted molar refractivity (Wildman–Crippen MR) is 109 cm³/mol. The van der Waals surface area contributed by atoms with E-state index in [-0.39, 0.29) is 6.09 Å². The normalized spacial score (nSPS) is 17.1. The highest BCUT2D eigenvalue weighted by molar-refractivity contribution is 5.68. The van der Waals surface area contributed by atoms with E-state index in [9.17, 15) is 10.1 Å². The van der Waals surface area contributed by atoms with Crippen LogP contribution in [0.15, 0.2) is 30.3 Å². The number of piperidine rings is 1. The van der Waals surface area contributed by atoms with Gasteiger partial charge in [-0.05, 0) is 57.0 Å². The van der Waals surface area contributed by atoms with Gasteiger partial charge in [0.25, 0.3) is 0 Å². The molecule has 1 fully saturated rings. The summed E-state index contributed by atoms with van der Waals surface area (Å²) < 4.78 is 14.2. The molecule has 2 aliphatic rings. The number of carbonyl (C=O) groups excluding carboxylic acids is 1. The minimum absolute atomic E-state index is 0.287. The fraction of sp³-hybridized carbons (Fsp3) is 0.478. The summed E-state index contributed by atoms with van der Waals surface area (Å²) in [5.74, 6) is 0.801. The molecule has 152 valence electrons. The molecule has 6 heteroatoms. The van der Waals surface area contributed by atoms with E-state index >= 15 is 0 Å². The van der Waals surface area contributed by atoms with Crippen molar-refractivity contribution in [3.63, 3.8) is 0 Å². The highest BCUT2D eigenvalue weighted by Gasteiger charge is 2.46. The number of ether oxygens (including phenoxy) is 2. The van der Waals surface area contributed by atoms with Crippen LogP contribution in [0.2, 0.25) is 0 Å². The topological polar surface area (TPSA) is 67.5 Å². The van der Waals surface area contributed by atoms with Crippen LogP contribution in [-0.4, -0.2) is 34.3 Å². The Morgan fingerprint density at radius 3 is 2.59 bits per heavy atom. The molecular formula is C23H27N3O3. The lowest BCUT2D eigenvalue weighted by Crippen LogP contribution is -2.51. The molecule has 0 N–H and O–H groups in total. The van der Waals surface area contributed by atoms with Crippen LogP contribution in [0, 0.1) is 11.3 Å². The molecule has 0 saturated carbocycles. The average Bonchev–Trinajstić information content (AvgIpc) is 3.12. The van der Waals surface area contributed by atoms with Gasteiger partial charge in [0.2, 0.25) is 0 Å². The second-order valence-electron chi connectivity index (χ2n) is 8.77. The number of benzene rings is 1. The molecule has 3 heterocycles. The van der Waals surface area contributed by atoms with Crippen molar-refractivity contribution in [2.24, 2.45) is 0 Å². The SMILES string of the molecule is CCc1ccc2c(c1)OC1(CCN(C(=O)OC(C)(C)C)CC1)c1ccc(C#N)n1-2. The van der Waals surface area contributed by atoms with Gasteiger partial charge in [0.1, 0.15) is 23.1 Å². The zero-order chi connectivity index (χ0) is 20.8. The summed E-state index contributed by atoms with van der Waals surface area (Å²) in [4.78, 5) is 14.2. The largest absolute Gasteiger partial charge is 0.479 e. The lowest BCUT2D eigenvalue weighted by atomic mass is 9.86. The van der Waals surface area contributed by atoms with Crippen LogP contribution in [-0.2, 0) is 16.8 Å². The molecule has 1 aromatic heterocycles. The molecule has 2 aromatic rings. The first-order valence-electron chi connectivity index (χ1n) is 10.2. The first kappa shape index (κ1) is 19.4. The van der Waals surface area contributed by atoms with Gasteiger partial charge in [-0.2, -0.15) is 5.26 Å². The van der Waals surface area contributed by atoms with Crippen molar-refractivity contribution in [2.75, 3.05) is 13.1 Å². The number of rotatable bonds is 1. The van der Waals surface area contributed by atoms with E-state index in [1.807, 2.05) is 43.5 Å². The Bertz CT molecular complexity index is 986. The number of nitriles is 1. The standard InChI is InChI=1S/C23H27N3O3/c1-5-16-6-8-18-19(14-16)28-23(20-9-7-17(15-24)26(18)20)10-12-25(13-11-23)21(27)29-22(2,3)4/h6-9,14H,5,10-13H2,1-4H3. The lowest BCUT2D eigenvalue weighted by Gasteiger charge is -2.45. The van der Waals surface area contributed by atoms with E-state index in [0.29, 0.717) is 31.6 Å². The summed E-state index contributed by atoms with van der Waals surface area (Å²) in [6, 6.07) is 12.3. The number of aryl methyl sites for hydroxylation is 1. The van der Waals surface area contributed by atoms with Gasteiger partial charge in [-0.15, -0.1) is 0 Å². The highest BCUT2D eigenvalue weighted by Crippen LogP contribution is 2.46. The fourth-order valence-corrected chi connectivity index (χ4v) is 4.18. The molecule has 0 aliphatic carbocycles. The number of fused-ring (bicyclic) bond motifs is 4. The van der Waals surface area contributed by atoms with Crippen LogP contribution in [0.4, 0.5) is 4.79 Å². The van der Waals surface area contributed by atoms with Crippen LogP contribution in [0.1, 0.15) is 57.5 Å². The minimum atomic E-state index is -0.549. The Morgan fingerprint density at radius 1 is 1.24 bits per heavy atom. The Morgan fingerprint density at radius 2 is 1.97 bits per heavy atom. The fourth-order valence-electron chi connectivity index (χ4n) is 4.18. The monoisotopic (exact) mass is 393 g/mol. The number of nitrogens with zero attached hydrogens (tertiary/aromatic N) is 3. The van der Waals surface area contributed by atoms with E-state index < -0.39 is 11.2 Å². The van der Waals surface area contributed by atoms with Crippen LogP contribution in [0.3, 0.4) is 0 Å². The van der Waals surface area contributed by atoms with Crippen molar-refractivity contribution in [2.45, 2.75) is 58.2 Å². The van der Waals surface area contributed by atoms with Gasteiger partial charge in [0, 0.05) is 25.9 Å². The minimum Gasteiger partial charge on any atom is -0.479 e. The summed E-state index contributed by atoms with van der Waals surface area (Å²) in [6.45, 7) is 8.83. The van der Waals surface area contributed by atoms with Crippen molar-refractivity contribution in [1.82, 2.24) is 9.47 Å². The summed E-state index contributed by atoms with van der Waals surface area (Å²) in [5, 5.41) is 9.64. The summed E-state index contributed by atoms with van der Waals surface area (Å²) >= 11 is 0. The number of likely N-dealkylation sites (tertiary alicyclic amines) is 1. The summed E-state index contributed by atoms with van der Waals surface area (Å²) in [6.07, 6.45) is 1.93. The van der Waals surface area contributed by atoms with Crippen LogP contribution in [0.5, 0.6) is 5.75 Å². The number of hydrogen-bond acceptors (Lipinski definition) is 4. The number of aromatic nitrogens is 1. The molecule has 1 spiro atoms. The Hall–Kier alpha value is -2.94. The van der Waals surface area contributed by atoms with Crippen molar-refractivity contribution in [1.29, 1.82) is 5.26 Å². The number of hydrogen-bond donors (Lipinski definition) is 0. The van der Waals surface area contributed by atoms with Gasteiger partial charge < -0.3 is 14.4 Å². The van der Waals surface area contributed by atoms with Crippen molar-refractivity contribution in [3.8, 4) is 17.5 Å². The van der Waals surface area contributed by atoms with E-state index in [4.69, 9.17) is 9.47 Å². The van der Waals surface area contributed by atoms with E-state index in [1.54, 1.807) is 4.90 Å². The quantitative estimate of drug-likeness (QED) is 0.714. The molecule has 2 aliphatic heterocycles. The van der Waals surface area contributed by atoms with Gasteiger partial charge in [-0.3, -0.25) is 4.57 Å². The summed E-state index contributed by atoms with van der Waals surface area (Å²) in [5.41, 5.74) is 2.61. The van der Waals surface area contributed by atoms with Crippen molar-refractivity contribution in [3.05, 3.63) is 47.3 Å². The van der Waals surface area contributed by atoms with Gasteiger partial charge in [-0.1, -0.05) is 13.0 Å². The molecule has 1 amide bonds. The number of amides is 1. The summed E-state index contributed by atoms with van der Waals surface area (Å²) in [7, 11) is 0. The maximum atomic E-state index is 12.5. The second kappa shape index (κ2) is 6.84. The van der Waals surface area contributed by atoms with Gasteiger partial charge in [0.15, 0.2) is 5.60 Å². The third kappa shape index (κ3) is 3.35. The van der Waals surface area contributed by atoms with E-state index in [2.05, 4.69) is 25.1 Å². The number of carbonyl (C=O) groups is 1. The smallest absolute Gasteiger partial charge is 0.410 e. The Kier molecular flexibility index (Phi) is 4.57. The third-order valence-corrected chi connectivity index (χ3v) is 5.66. The first-order valence-corrected chi connectivity index (χ1v) is 10.2. The molecule has 0 atom stereocenters. The van der Waals surface area contributed by atoms with Gasteiger partial charge >= 0.3 is 6.09 Å². The Labute approximate surface area is 171 Å². The average molecular weight is 393 g/mol. The van der Waals surface area contributed by atoms with E-state index in [0.717, 1.165) is 23.6 Å². The van der Waals surface area contributed by atoms with Gasteiger partial charge in [0.05, 0.1) is 11.4 Å². The zero-order valence-electron chi connectivity index (χ0n) is 17.5. The highest BCUT2D eigenvalue weighted by atomic mass is 16.6. The molecule has 1 saturated heterocycles. The van der Waals surface area contributed by atoms with Crippen LogP contribution >= 0.6 is 0 Å². The molecule has 6 nitrogen and oxygen atoms in total. The molecule has 29 heavy (non-hydrogen) atoms. The third-order valence-electron chi connectivity index (χ3n) is 5.66. The first-order chi connectivity index (χ1) is 13.8. The Balaban J connectivity index is 1.67. The molecular weight excluding hydrogens is 366 g/mol.